The summed E-state index contributed by atoms with van der Waals surface area (Å²) in [5.41, 5.74) is 19.3. The number of ether oxygens (including phenoxy) is 2. The Balaban J connectivity index is 0.000000170. The Labute approximate surface area is 391 Å². The van der Waals surface area contributed by atoms with Crippen molar-refractivity contribution in [3.8, 4) is 34.3 Å². The zero-order valence-electron chi connectivity index (χ0n) is 38.3. The molecule has 2 saturated carbocycles. The van der Waals surface area contributed by atoms with Crippen molar-refractivity contribution in [2.45, 2.75) is 53.4 Å². The first-order valence-corrected chi connectivity index (χ1v) is 22.8. The summed E-state index contributed by atoms with van der Waals surface area (Å²) in [6, 6.07) is 7.48. The molecule has 20 heteroatoms. The summed E-state index contributed by atoms with van der Waals surface area (Å²) in [6.07, 6.45) is 9.98. The van der Waals surface area contributed by atoms with Gasteiger partial charge in [-0.05, 0) is 97.5 Å². The molecule has 2 aliphatic carbocycles. The molecule has 0 aromatic carbocycles. The lowest BCUT2D eigenvalue weighted by Gasteiger charge is -2.21. The van der Waals surface area contributed by atoms with E-state index in [0.717, 1.165) is 83.2 Å². The number of nitrogens with one attached hydrogen (secondary N) is 6. The number of hydrogen-bond acceptors (Lipinski definition) is 16. The van der Waals surface area contributed by atoms with Crippen LogP contribution in [0.25, 0.3) is 44.1 Å². The van der Waals surface area contributed by atoms with Gasteiger partial charge in [-0.3, -0.25) is 19.2 Å². The standard InChI is InChI=1S/2C24H27N7O3/c2*1-12-17(10-29-24-21(12)27-5-6-34-24)19-8-15-9-20(28-11-18(15)22(25)30-19)31-23(33)16-7-14(16)3-4-26-13(2)32/h2*8-11,14,16,27H,3-7H2,1-2H3,(H2,25,30)(H,26,32)(H,28,31,33)/t2*14-,16+/m10/s1. The lowest BCUT2D eigenvalue weighted by atomic mass is 10.0. The van der Waals surface area contributed by atoms with Crippen molar-refractivity contribution in [1.82, 2.24) is 40.5 Å². The van der Waals surface area contributed by atoms with Gasteiger partial charge in [0.15, 0.2) is 0 Å². The van der Waals surface area contributed by atoms with E-state index in [0.29, 0.717) is 83.5 Å². The molecule has 0 radical (unpaired) electrons. The minimum atomic E-state index is -0.0545. The van der Waals surface area contributed by atoms with E-state index in [9.17, 15) is 19.2 Å². The molecule has 6 aromatic rings. The molecule has 6 aromatic heterocycles. The Bertz CT molecular complexity index is 2790. The van der Waals surface area contributed by atoms with E-state index in [2.05, 4.69) is 61.8 Å². The van der Waals surface area contributed by atoms with Crippen molar-refractivity contribution in [1.29, 1.82) is 0 Å². The molecule has 352 valence electrons. The summed E-state index contributed by atoms with van der Waals surface area (Å²) in [5, 5.41) is 21.1. The van der Waals surface area contributed by atoms with Gasteiger partial charge in [0.1, 0.15) is 47.9 Å². The van der Waals surface area contributed by atoms with Crippen LogP contribution in [-0.4, -0.2) is 92.9 Å². The minimum Gasteiger partial charge on any atom is -0.474 e. The topological polar surface area (TPSA) is 288 Å². The molecule has 0 unspecified atom stereocenters. The Morgan fingerprint density at radius 2 is 1.06 bits per heavy atom. The highest BCUT2D eigenvalue weighted by Gasteiger charge is 2.43. The van der Waals surface area contributed by atoms with E-state index in [4.69, 9.17) is 20.9 Å². The number of carbonyl (C=O) groups is 4. The number of hydrogen-bond donors (Lipinski definition) is 8. The maximum Gasteiger partial charge on any atom is 0.237 e. The predicted octanol–water partition coefficient (Wildman–Crippen LogP) is 4.98. The molecular formula is C48H54N14O6. The molecular weight excluding hydrogens is 869 g/mol. The molecule has 2 aliphatic heterocycles. The number of pyridine rings is 6. The lowest BCUT2D eigenvalue weighted by Crippen LogP contribution is -2.22. The number of nitrogens with two attached hydrogens (primary N) is 2. The van der Waals surface area contributed by atoms with E-state index in [1.54, 1.807) is 24.8 Å². The summed E-state index contributed by atoms with van der Waals surface area (Å²) in [4.78, 5) is 74.0. The smallest absolute Gasteiger partial charge is 0.237 e. The van der Waals surface area contributed by atoms with Crippen LogP contribution in [0.15, 0.2) is 49.1 Å². The summed E-state index contributed by atoms with van der Waals surface area (Å²) in [7, 11) is 0. The van der Waals surface area contributed by atoms with Crippen LogP contribution in [0.5, 0.6) is 11.8 Å². The first-order chi connectivity index (χ1) is 32.8. The molecule has 10 N–H and O–H groups in total. The summed E-state index contributed by atoms with van der Waals surface area (Å²) in [5.74, 6) is 3.09. The van der Waals surface area contributed by atoms with Crippen molar-refractivity contribution in [3.63, 3.8) is 0 Å². The monoisotopic (exact) mass is 922 g/mol. The fourth-order valence-electron chi connectivity index (χ4n) is 8.80. The van der Waals surface area contributed by atoms with Crippen molar-refractivity contribution >= 4 is 79.8 Å². The van der Waals surface area contributed by atoms with E-state index in [-0.39, 0.29) is 47.3 Å². The molecule has 4 atom stereocenters. The van der Waals surface area contributed by atoms with E-state index < -0.39 is 0 Å². The van der Waals surface area contributed by atoms with E-state index in [1.165, 1.54) is 13.8 Å². The molecule has 0 spiro atoms. The van der Waals surface area contributed by atoms with Gasteiger partial charge in [-0.15, -0.1) is 0 Å². The Morgan fingerprint density at radius 1 is 0.632 bits per heavy atom. The first-order valence-electron chi connectivity index (χ1n) is 22.8. The maximum absolute atomic E-state index is 12.7. The second-order valence-electron chi connectivity index (χ2n) is 17.6. The van der Waals surface area contributed by atoms with Gasteiger partial charge in [-0.1, -0.05) is 0 Å². The van der Waals surface area contributed by atoms with Gasteiger partial charge in [-0.25, -0.2) is 29.9 Å². The molecule has 10 rings (SSSR count). The highest BCUT2D eigenvalue weighted by Crippen LogP contribution is 2.43. The number of aromatic nitrogens is 6. The SMILES string of the molecule is CC(=O)NCC[C@@H]1C[C@@H]1C(=O)Nc1cc2cc(-c3cnc4c(c3C)NCCO4)nc(N)c2cn1.CC(=O)NCC[C@H]1C[C@H]1C(=O)Nc1cc2cc(-c3cnc4c(c3C)NCCO4)nc(N)c2cn1. The minimum absolute atomic E-state index is 0.0525. The second-order valence-corrected chi connectivity index (χ2v) is 17.6. The van der Waals surface area contributed by atoms with Crippen molar-refractivity contribution in [3.05, 3.63) is 60.2 Å². The van der Waals surface area contributed by atoms with Crippen molar-refractivity contribution < 1.29 is 28.7 Å². The van der Waals surface area contributed by atoms with E-state index in [1.807, 2.05) is 38.1 Å². The number of nitrogen functional groups attached to an aromatic ring is 2. The van der Waals surface area contributed by atoms with Gasteiger partial charge in [0, 0.05) is 98.5 Å². The van der Waals surface area contributed by atoms with Crippen LogP contribution in [-0.2, 0) is 19.2 Å². The maximum atomic E-state index is 12.7. The van der Waals surface area contributed by atoms with Gasteiger partial charge < -0.3 is 52.8 Å². The fourth-order valence-corrected chi connectivity index (χ4v) is 8.80. The third-order valence-electron chi connectivity index (χ3n) is 12.7. The fraction of sp³-hybridized carbons (Fsp3) is 0.375. The summed E-state index contributed by atoms with van der Waals surface area (Å²) < 4.78 is 11.2. The number of anilines is 6. The Hall–Kier alpha value is -7.90. The van der Waals surface area contributed by atoms with Gasteiger partial charge in [-0.2, -0.15) is 0 Å². The van der Waals surface area contributed by atoms with E-state index >= 15 is 0 Å². The third kappa shape index (κ3) is 9.93. The molecule has 8 heterocycles. The number of fused-ring (bicyclic) bond motifs is 4. The Kier molecular flexibility index (Phi) is 12.7. The van der Waals surface area contributed by atoms with Gasteiger partial charge >= 0.3 is 0 Å². The molecule has 2 fully saturated rings. The van der Waals surface area contributed by atoms with Gasteiger partial charge in [0.05, 0.1) is 11.4 Å². The quantitative estimate of drug-likeness (QED) is 0.0804. The van der Waals surface area contributed by atoms with Crippen LogP contribution >= 0.6 is 0 Å². The molecule has 4 amide bonds. The van der Waals surface area contributed by atoms with Gasteiger partial charge in [0.25, 0.3) is 0 Å². The van der Waals surface area contributed by atoms with Crippen LogP contribution in [0, 0.1) is 37.5 Å². The number of nitrogens with zero attached hydrogens (tertiary/aromatic N) is 6. The number of amides is 4. The lowest BCUT2D eigenvalue weighted by molar-refractivity contribution is -0.119. The third-order valence-corrected chi connectivity index (χ3v) is 12.7. The number of carbonyl (C=O) groups excluding carboxylic acids is 4. The molecule has 68 heavy (non-hydrogen) atoms. The highest BCUT2D eigenvalue weighted by atomic mass is 16.5. The Morgan fingerprint density at radius 3 is 1.47 bits per heavy atom. The van der Waals surface area contributed by atoms with Crippen LogP contribution in [0.2, 0.25) is 0 Å². The molecule has 0 saturated heterocycles. The van der Waals surface area contributed by atoms with Crippen LogP contribution < -0.4 is 52.8 Å². The summed E-state index contributed by atoms with van der Waals surface area (Å²) in [6.45, 7) is 10.8. The molecule has 20 nitrogen and oxygen atoms in total. The van der Waals surface area contributed by atoms with Crippen LogP contribution in [0.1, 0.15) is 50.7 Å². The predicted molar refractivity (Wildman–Crippen MR) is 259 cm³/mol. The molecule has 4 aliphatic rings. The van der Waals surface area contributed by atoms with Crippen molar-refractivity contribution in [2.75, 3.05) is 72.1 Å². The van der Waals surface area contributed by atoms with Crippen LogP contribution in [0.4, 0.5) is 34.6 Å². The average Bonchev–Trinajstić information content (AvgIpc) is 4.26. The normalized spacial score (nSPS) is 18.4. The molecule has 0 bridgehead atoms. The zero-order chi connectivity index (χ0) is 47.6. The van der Waals surface area contributed by atoms with Gasteiger partial charge in [0.2, 0.25) is 35.4 Å². The second kappa shape index (κ2) is 19.1. The van der Waals surface area contributed by atoms with Crippen molar-refractivity contribution in [2.24, 2.45) is 23.7 Å². The summed E-state index contributed by atoms with van der Waals surface area (Å²) >= 11 is 0. The first kappa shape index (κ1) is 45.3. The largest absolute Gasteiger partial charge is 0.474 e. The number of rotatable bonds is 12. The van der Waals surface area contributed by atoms with Crippen LogP contribution in [0.3, 0.4) is 0 Å². The highest BCUT2D eigenvalue weighted by molar-refractivity contribution is 6.00. The average molecular weight is 923 g/mol. The zero-order valence-corrected chi connectivity index (χ0v) is 38.3.